The number of nitrogens with zero attached hydrogens (tertiary/aromatic N) is 1. The van der Waals surface area contributed by atoms with Gasteiger partial charge in [0, 0.05) is 12.6 Å². The number of rotatable bonds is 4. The molecule has 1 aromatic heterocycles. The second-order valence-electron chi connectivity index (χ2n) is 4.21. The van der Waals surface area contributed by atoms with Gasteiger partial charge in [0.25, 0.3) is 0 Å². The number of pyridine rings is 1. The van der Waals surface area contributed by atoms with Gasteiger partial charge in [-0.15, -0.1) is 0 Å². The number of hydrogen-bond donors (Lipinski definition) is 3. The molecule has 0 amide bonds. The normalized spacial score (nSPS) is 12.3. The van der Waals surface area contributed by atoms with Gasteiger partial charge < -0.3 is 15.5 Å². The van der Waals surface area contributed by atoms with E-state index in [2.05, 4.69) is 10.3 Å². The van der Waals surface area contributed by atoms with Crippen LogP contribution in [0.1, 0.15) is 24.2 Å². The number of aromatic nitrogens is 1. The predicted molar refractivity (Wildman–Crippen MR) is 69.3 cm³/mol. The molecule has 0 saturated carbocycles. The summed E-state index contributed by atoms with van der Waals surface area (Å²) in [4.78, 5) is 4.10. The molecule has 4 nitrogen and oxygen atoms in total. The van der Waals surface area contributed by atoms with Gasteiger partial charge in [0.05, 0.1) is 11.9 Å². The summed E-state index contributed by atoms with van der Waals surface area (Å²) in [5.41, 5.74) is 1.88. The van der Waals surface area contributed by atoms with Crippen molar-refractivity contribution < 1.29 is 10.2 Å². The Morgan fingerprint density at radius 1 is 1.17 bits per heavy atom. The largest absolute Gasteiger partial charge is 0.508 e. The summed E-state index contributed by atoms with van der Waals surface area (Å²) < 4.78 is 0. The highest BCUT2D eigenvalue weighted by molar-refractivity contribution is 5.29. The Hall–Kier alpha value is -2.07. The first kappa shape index (κ1) is 12.4. The maximum Gasteiger partial charge on any atom is 0.133 e. The zero-order chi connectivity index (χ0) is 13.0. The van der Waals surface area contributed by atoms with E-state index in [9.17, 15) is 5.11 Å². The summed E-state index contributed by atoms with van der Waals surface area (Å²) in [5.74, 6) is 0.434. The average molecular weight is 244 g/mol. The van der Waals surface area contributed by atoms with Crippen LogP contribution >= 0.6 is 0 Å². The summed E-state index contributed by atoms with van der Waals surface area (Å²) in [6, 6.07) is 10.7. The number of phenols is 1. The topological polar surface area (TPSA) is 65.4 Å². The van der Waals surface area contributed by atoms with Gasteiger partial charge in [-0.2, -0.15) is 0 Å². The lowest BCUT2D eigenvalue weighted by atomic mass is 10.1. The van der Waals surface area contributed by atoms with Crippen molar-refractivity contribution in [1.82, 2.24) is 10.3 Å². The second kappa shape index (κ2) is 5.51. The average Bonchev–Trinajstić information content (AvgIpc) is 2.38. The quantitative estimate of drug-likeness (QED) is 0.772. The molecule has 2 aromatic rings. The van der Waals surface area contributed by atoms with Crippen molar-refractivity contribution in [1.29, 1.82) is 0 Å². The molecule has 1 atom stereocenters. The molecular formula is C14H16N2O2. The molecule has 1 unspecified atom stereocenters. The maximum absolute atomic E-state index is 9.41. The van der Waals surface area contributed by atoms with E-state index >= 15 is 0 Å². The molecule has 3 N–H and O–H groups in total. The summed E-state index contributed by atoms with van der Waals surface area (Å²) in [6.07, 6.45) is 1.43. The first-order valence-electron chi connectivity index (χ1n) is 5.81. The Kier molecular flexibility index (Phi) is 3.79. The van der Waals surface area contributed by atoms with Crippen molar-refractivity contribution >= 4 is 0 Å². The Morgan fingerprint density at radius 3 is 2.67 bits per heavy atom. The third-order valence-electron chi connectivity index (χ3n) is 2.77. The van der Waals surface area contributed by atoms with Gasteiger partial charge >= 0.3 is 0 Å². The zero-order valence-corrected chi connectivity index (χ0v) is 10.2. The third-order valence-corrected chi connectivity index (χ3v) is 2.77. The van der Waals surface area contributed by atoms with Crippen LogP contribution in [0, 0.1) is 0 Å². The van der Waals surface area contributed by atoms with Crippen LogP contribution < -0.4 is 5.32 Å². The lowest BCUT2D eigenvalue weighted by Gasteiger charge is -2.14. The highest BCUT2D eigenvalue weighted by Crippen LogP contribution is 2.18. The molecular weight excluding hydrogens is 228 g/mol. The first-order chi connectivity index (χ1) is 8.65. The predicted octanol–water partition coefficient (Wildman–Crippen LogP) is 2.34. The molecule has 0 aliphatic rings. The molecule has 0 saturated heterocycles. The smallest absolute Gasteiger partial charge is 0.133 e. The van der Waals surface area contributed by atoms with E-state index in [1.807, 2.05) is 19.1 Å². The van der Waals surface area contributed by atoms with E-state index in [0.717, 1.165) is 11.3 Å². The molecule has 0 radical (unpaired) electrons. The van der Waals surface area contributed by atoms with Crippen molar-refractivity contribution in [2.75, 3.05) is 0 Å². The molecule has 0 aliphatic heterocycles. The van der Waals surface area contributed by atoms with Crippen LogP contribution in [0.3, 0.4) is 0 Å². The summed E-state index contributed by atoms with van der Waals surface area (Å²) in [5, 5.41) is 21.8. The van der Waals surface area contributed by atoms with Crippen LogP contribution in [-0.2, 0) is 6.54 Å². The number of hydrogen-bond acceptors (Lipinski definition) is 4. The van der Waals surface area contributed by atoms with E-state index < -0.39 is 0 Å². The summed E-state index contributed by atoms with van der Waals surface area (Å²) in [6.45, 7) is 2.63. The van der Waals surface area contributed by atoms with E-state index in [-0.39, 0.29) is 17.5 Å². The van der Waals surface area contributed by atoms with Crippen LogP contribution in [0.5, 0.6) is 11.5 Å². The van der Waals surface area contributed by atoms with E-state index in [1.165, 1.54) is 6.20 Å². The molecule has 0 aliphatic carbocycles. The second-order valence-corrected chi connectivity index (χ2v) is 4.21. The Labute approximate surface area is 106 Å². The Balaban J connectivity index is 1.96. The van der Waals surface area contributed by atoms with Crippen LogP contribution in [0.4, 0.5) is 0 Å². The molecule has 2 rings (SSSR count). The third kappa shape index (κ3) is 3.21. The minimum atomic E-state index is 0.118. The highest BCUT2D eigenvalue weighted by atomic mass is 16.3. The number of phenolic OH excluding ortho intramolecular Hbond substituents is 1. The fourth-order valence-electron chi connectivity index (χ4n) is 1.69. The lowest BCUT2D eigenvalue weighted by Crippen LogP contribution is -2.18. The fraction of sp³-hybridized carbons (Fsp3) is 0.214. The molecule has 0 fully saturated rings. The first-order valence-corrected chi connectivity index (χ1v) is 5.81. The van der Waals surface area contributed by atoms with Crippen molar-refractivity contribution in [2.24, 2.45) is 0 Å². The van der Waals surface area contributed by atoms with Crippen LogP contribution in [-0.4, -0.2) is 15.2 Å². The minimum absolute atomic E-state index is 0.118. The fourth-order valence-corrected chi connectivity index (χ4v) is 1.69. The maximum atomic E-state index is 9.41. The molecule has 0 bridgehead atoms. The van der Waals surface area contributed by atoms with Gasteiger partial charge in [0.15, 0.2) is 0 Å². The van der Waals surface area contributed by atoms with Crippen LogP contribution in [0.25, 0.3) is 0 Å². The highest BCUT2D eigenvalue weighted by Gasteiger charge is 2.05. The lowest BCUT2D eigenvalue weighted by molar-refractivity contribution is 0.469. The van der Waals surface area contributed by atoms with Crippen molar-refractivity contribution in [3.63, 3.8) is 0 Å². The molecule has 4 heteroatoms. The van der Waals surface area contributed by atoms with Crippen LogP contribution in [0.15, 0.2) is 42.6 Å². The molecule has 0 spiro atoms. The van der Waals surface area contributed by atoms with E-state index in [0.29, 0.717) is 6.54 Å². The van der Waals surface area contributed by atoms with Crippen molar-refractivity contribution in [3.05, 3.63) is 53.9 Å². The monoisotopic (exact) mass is 244 g/mol. The van der Waals surface area contributed by atoms with E-state index in [4.69, 9.17) is 5.11 Å². The van der Waals surface area contributed by atoms with E-state index in [1.54, 1.807) is 24.3 Å². The number of benzene rings is 1. The Bertz CT molecular complexity index is 511. The summed E-state index contributed by atoms with van der Waals surface area (Å²) >= 11 is 0. The van der Waals surface area contributed by atoms with Gasteiger partial charge in [0.1, 0.15) is 11.5 Å². The SMILES string of the molecule is CC(NCc1ccc(O)cn1)c1cccc(O)c1. The van der Waals surface area contributed by atoms with Crippen molar-refractivity contribution in [3.8, 4) is 11.5 Å². The summed E-state index contributed by atoms with van der Waals surface area (Å²) in [7, 11) is 0. The van der Waals surface area contributed by atoms with Gasteiger partial charge in [-0.3, -0.25) is 4.98 Å². The van der Waals surface area contributed by atoms with Crippen molar-refractivity contribution in [2.45, 2.75) is 19.5 Å². The number of nitrogens with one attached hydrogen (secondary N) is 1. The van der Waals surface area contributed by atoms with Crippen LogP contribution in [0.2, 0.25) is 0 Å². The molecule has 1 aromatic carbocycles. The van der Waals surface area contributed by atoms with Gasteiger partial charge in [-0.1, -0.05) is 12.1 Å². The molecule has 1 heterocycles. The van der Waals surface area contributed by atoms with Gasteiger partial charge in [-0.25, -0.2) is 0 Å². The standard InChI is InChI=1S/C14H16N2O2/c1-10(11-3-2-4-13(17)7-11)15-8-12-5-6-14(18)9-16-12/h2-7,9-10,15,17-18H,8H2,1H3. The minimum Gasteiger partial charge on any atom is -0.508 e. The Morgan fingerprint density at radius 2 is 2.00 bits per heavy atom. The molecule has 94 valence electrons. The number of aromatic hydroxyl groups is 2. The zero-order valence-electron chi connectivity index (χ0n) is 10.2. The van der Waals surface area contributed by atoms with Gasteiger partial charge in [0.2, 0.25) is 0 Å². The molecule has 18 heavy (non-hydrogen) atoms. The van der Waals surface area contributed by atoms with Gasteiger partial charge in [-0.05, 0) is 36.8 Å².